The predicted molar refractivity (Wildman–Crippen MR) is 89.8 cm³/mol. The SMILES string of the molecule is CC(C)NCc1nc(N(C)Cc2ccccc2)ccc1Cl. The molecule has 0 bridgehead atoms. The van der Waals surface area contributed by atoms with Gasteiger partial charge in [0.1, 0.15) is 5.82 Å². The molecule has 0 aliphatic rings. The maximum absolute atomic E-state index is 6.22. The summed E-state index contributed by atoms with van der Waals surface area (Å²) in [5.74, 6) is 0.934. The normalized spacial score (nSPS) is 10.9. The Morgan fingerprint density at radius 3 is 2.52 bits per heavy atom. The number of anilines is 1. The molecule has 0 radical (unpaired) electrons. The van der Waals surface area contributed by atoms with Crippen LogP contribution in [0.5, 0.6) is 0 Å². The summed E-state index contributed by atoms with van der Waals surface area (Å²) >= 11 is 6.22. The first kappa shape index (κ1) is 15.8. The van der Waals surface area contributed by atoms with Crippen molar-refractivity contribution in [1.29, 1.82) is 0 Å². The molecule has 3 nitrogen and oxygen atoms in total. The monoisotopic (exact) mass is 303 g/mol. The standard InChI is InChI=1S/C17H22ClN3/c1-13(2)19-11-16-15(18)9-10-17(20-16)21(3)12-14-7-5-4-6-8-14/h4-10,13,19H,11-12H2,1-3H3. The zero-order chi connectivity index (χ0) is 15.2. The van der Waals surface area contributed by atoms with E-state index in [2.05, 4.69) is 53.3 Å². The summed E-state index contributed by atoms with van der Waals surface area (Å²) in [6.45, 7) is 5.73. The van der Waals surface area contributed by atoms with Gasteiger partial charge < -0.3 is 10.2 Å². The molecule has 0 unspecified atom stereocenters. The van der Waals surface area contributed by atoms with E-state index in [0.717, 1.165) is 18.1 Å². The largest absolute Gasteiger partial charge is 0.355 e. The molecule has 0 amide bonds. The van der Waals surface area contributed by atoms with Crippen LogP contribution < -0.4 is 10.2 Å². The number of nitrogens with zero attached hydrogens (tertiary/aromatic N) is 2. The van der Waals surface area contributed by atoms with Gasteiger partial charge in [0, 0.05) is 26.2 Å². The van der Waals surface area contributed by atoms with Gasteiger partial charge in [0.15, 0.2) is 0 Å². The van der Waals surface area contributed by atoms with Crippen LogP contribution in [0, 0.1) is 0 Å². The highest BCUT2D eigenvalue weighted by molar-refractivity contribution is 6.31. The molecule has 1 heterocycles. The van der Waals surface area contributed by atoms with Gasteiger partial charge in [-0.3, -0.25) is 0 Å². The van der Waals surface area contributed by atoms with E-state index in [4.69, 9.17) is 11.6 Å². The van der Waals surface area contributed by atoms with Crippen molar-refractivity contribution in [2.45, 2.75) is 33.0 Å². The van der Waals surface area contributed by atoms with Gasteiger partial charge in [-0.15, -0.1) is 0 Å². The lowest BCUT2D eigenvalue weighted by Crippen LogP contribution is -2.24. The van der Waals surface area contributed by atoms with E-state index in [1.54, 1.807) is 0 Å². The van der Waals surface area contributed by atoms with Crippen molar-refractivity contribution >= 4 is 17.4 Å². The number of rotatable bonds is 6. The lowest BCUT2D eigenvalue weighted by molar-refractivity contribution is 0.581. The van der Waals surface area contributed by atoms with Crippen molar-refractivity contribution in [1.82, 2.24) is 10.3 Å². The molecule has 1 N–H and O–H groups in total. The van der Waals surface area contributed by atoms with E-state index in [-0.39, 0.29) is 0 Å². The first-order chi connectivity index (χ1) is 10.1. The molecule has 2 rings (SSSR count). The van der Waals surface area contributed by atoms with Crippen LogP contribution in [-0.4, -0.2) is 18.1 Å². The third kappa shape index (κ3) is 4.73. The highest BCUT2D eigenvalue weighted by atomic mass is 35.5. The van der Waals surface area contributed by atoms with E-state index >= 15 is 0 Å². The Bertz CT molecular complexity index is 570. The van der Waals surface area contributed by atoms with E-state index < -0.39 is 0 Å². The lowest BCUT2D eigenvalue weighted by atomic mass is 10.2. The summed E-state index contributed by atoms with van der Waals surface area (Å²) in [5.41, 5.74) is 2.15. The molecule has 2 aromatic rings. The van der Waals surface area contributed by atoms with Crippen molar-refractivity contribution in [3.8, 4) is 0 Å². The molecule has 0 spiro atoms. The van der Waals surface area contributed by atoms with Crippen LogP contribution in [0.2, 0.25) is 5.02 Å². The number of hydrogen-bond acceptors (Lipinski definition) is 3. The fourth-order valence-corrected chi connectivity index (χ4v) is 2.22. The topological polar surface area (TPSA) is 28.2 Å². The number of aromatic nitrogens is 1. The molecule has 0 fully saturated rings. The van der Waals surface area contributed by atoms with Gasteiger partial charge in [-0.1, -0.05) is 55.8 Å². The first-order valence-electron chi connectivity index (χ1n) is 7.20. The number of halogens is 1. The van der Waals surface area contributed by atoms with Gasteiger partial charge in [-0.25, -0.2) is 4.98 Å². The van der Waals surface area contributed by atoms with Crippen molar-refractivity contribution < 1.29 is 0 Å². The maximum Gasteiger partial charge on any atom is 0.129 e. The van der Waals surface area contributed by atoms with Crippen LogP contribution in [0.3, 0.4) is 0 Å². The maximum atomic E-state index is 6.22. The van der Waals surface area contributed by atoms with Crippen LogP contribution in [0.1, 0.15) is 25.1 Å². The van der Waals surface area contributed by atoms with Gasteiger partial charge in [0.25, 0.3) is 0 Å². The van der Waals surface area contributed by atoms with Crippen LogP contribution in [0.15, 0.2) is 42.5 Å². The Morgan fingerprint density at radius 2 is 1.86 bits per heavy atom. The summed E-state index contributed by atoms with van der Waals surface area (Å²) in [6, 6.07) is 14.7. The van der Waals surface area contributed by atoms with Crippen LogP contribution in [-0.2, 0) is 13.1 Å². The second kappa shape index (κ2) is 7.43. The zero-order valence-electron chi connectivity index (χ0n) is 12.8. The van der Waals surface area contributed by atoms with E-state index in [1.165, 1.54) is 5.56 Å². The minimum Gasteiger partial charge on any atom is -0.355 e. The molecule has 112 valence electrons. The third-order valence-electron chi connectivity index (χ3n) is 3.24. The number of hydrogen-bond donors (Lipinski definition) is 1. The molecule has 21 heavy (non-hydrogen) atoms. The summed E-state index contributed by atoms with van der Waals surface area (Å²) < 4.78 is 0. The zero-order valence-corrected chi connectivity index (χ0v) is 13.6. The van der Waals surface area contributed by atoms with Gasteiger partial charge in [-0.05, 0) is 17.7 Å². The van der Waals surface area contributed by atoms with E-state index in [9.17, 15) is 0 Å². The highest BCUT2D eigenvalue weighted by Gasteiger charge is 2.08. The first-order valence-corrected chi connectivity index (χ1v) is 7.58. The number of nitrogens with one attached hydrogen (secondary N) is 1. The minimum atomic E-state index is 0.411. The van der Waals surface area contributed by atoms with Crippen LogP contribution in [0.25, 0.3) is 0 Å². The van der Waals surface area contributed by atoms with Crippen LogP contribution >= 0.6 is 11.6 Å². The third-order valence-corrected chi connectivity index (χ3v) is 3.58. The molecule has 0 aliphatic heterocycles. The molecule has 1 aromatic heterocycles. The molecule has 4 heteroatoms. The summed E-state index contributed by atoms with van der Waals surface area (Å²) in [5, 5.41) is 4.06. The smallest absolute Gasteiger partial charge is 0.129 e. The van der Waals surface area contributed by atoms with Crippen molar-refractivity contribution in [2.24, 2.45) is 0 Å². The van der Waals surface area contributed by atoms with Crippen molar-refractivity contribution in [2.75, 3.05) is 11.9 Å². The lowest BCUT2D eigenvalue weighted by Gasteiger charge is -2.20. The second-order valence-corrected chi connectivity index (χ2v) is 5.88. The molecule has 1 aromatic carbocycles. The number of benzene rings is 1. The Morgan fingerprint density at radius 1 is 1.14 bits per heavy atom. The summed E-state index contributed by atoms with van der Waals surface area (Å²) in [4.78, 5) is 6.80. The molecular formula is C17H22ClN3. The van der Waals surface area contributed by atoms with E-state index in [1.807, 2.05) is 25.2 Å². The Hall–Kier alpha value is -1.58. The van der Waals surface area contributed by atoms with Gasteiger partial charge in [0.2, 0.25) is 0 Å². The summed E-state index contributed by atoms with van der Waals surface area (Å²) in [6.07, 6.45) is 0. The van der Waals surface area contributed by atoms with Crippen molar-refractivity contribution in [3.63, 3.8) is 0 Å². The second-order valence-electron chi connectivity index (χ2n) is 5.48. The number of pyridine rings is 1. The van der Waals surface area contributed by atoms with Gasteiger partial charge in [-0.2, -0.15) is 0 Å². The molecule has 0 atom stereocenters. The minimum absolute atomic E-state index is 0.411. The quantitative estimate of drug-likeness (QED) is 0.878. The Labute approximate surface area is 132 Å². The van der Waals surface area contributed by atoms with Crippen LogP contribution in [0.4, 0.5) is 5.82 Å². The van der Waals surface area contributed by atoms with E-state index in [0.29, 0.717) is 17.6 Å². The summed E-state index contributed by atoms with van der Waals surface area (Å²) in [7, 11) is 2.04. The predicted octanol–water partition coefficient (Wildman–Crippen LogP) is 3.87. The fourth-order valence-electron chi connectivity index (χ4n) is 2.05. The van der Waals surface area contributed by atoms with Gasteiger partial charge >= 0.3 is 0 Å². The molecule has 0 saturated heterocycles. The van der Waals surface area contributed by atoms with Crippen molar-refractivity contribution in [3.05, 3.63) is 58.7 Å². The molecular weight excluding hydrogens is 282 g/mol. The average molecular weight is 304 g/mol. The Kier molecular flexibility index (Phi) is 5.59. The molecule has 0 aliphatic carbocycles. The molecule has 0 saturated carbocycles. The highest BCUT2D eigenvalue weighted by Crippen LogP contribution is 2.20. The van der Waals surface area contributed by atoms with Gasteiger partial charge in [0.05, 0.1) is 10.7 Å². The Balaban J connectivity index is 2.10. The fraction of sp³-hybridized carbons (Fsp3) is 0.353. The average Bonchev–Trinajstić information content (AvgIpc) is 2.47.